The molecule has 0 heterocycles. The molecular weight excluding hydrogens is 306 g/mol. The number of carbonyl (C=O) groups is 2. The highest BCUT2D eigenvalue weighted by Crippen LogP contribution is 2.17. The summed E-state index contributed by atoms with van der Waals surface area (Å²) in [6, 6.07) is 17.8. The molecule has 2 aromatic carbocycles. The predicted octanol–water partition coefficient (Wildman–Crippen LogP) is 1.72. The van der Waals surface area contributed by atoms with Gasteiger partial charge < -0.3 is 4.74 Å². The Morgan fingerprint density at radius 3 is 2.46 bits per heavy atom. The topological polar surface area (TPSA) is 91.2 Å². The van der Waals surface area contributed by atoms with Crippen LogP contribution in [0.1, 0.15) is 18.1 Å². The lowest BCUT2D eigenvalue weighted by molar-refractivity contribution is -0.132. The van der Waals surface area contributed by atoms with Crippen molar-refractivity contribution in [1.29, 1.82) is 5.26 Å². The molecule has 6 nitrogen and oxygen atoms in total. The molecule has 122 valence electrons. The van der Waals surface area contributed by atoms with E-state index in [1.807, 2.05) is 36.4 Å². The minimum absolute atomic E-state index is 0.160. The molecule has 2 amide bonds. The van der Waals surface area contributed by atoms with Gasteiger partial charge in [0.05, 0.1) is 12.0 Å². The zero-order valence-corrected chi connectivity index (χ0v) is 13.2. The summed E-state index contributed by atoms with van der Waals surface area (Å²) in [6.45, 7) is 1.53. The Morgan fingerprint density at radius 1 is 1.08 bits per heavy atom. The Labute approximate surface area is 140 Å². The molecule has 0 saturated carbocycles. The number of nitriles is 1. The first-order valence-corrected chi connectivity index (χ1v) is 7.38. The third-order valence-electron chi connectivity index (χ3n) is 3.21. The molecule has 1 atom stereocenters. The number of ether oxygens (including phenoxy) is 1. The van der Waals surface area contributed by atoms with Crippen LogP contribution in [0.25, 0.3) is 0 Å². The summed E-state index contributed by atoms with van der Waals surface area (Å²) in [6.07, 6.45) is -0.704. The number of hydrazine groups is 1. The Kier molecular flexibility index (Phi) is 5.92. The molecule has 2 N–H and O–H groups in total. The number of carbonyl (C=O) groups excluding carboxylic acids is 2. The molecule has 0 aliphatic rings. The fraction of sp³-hybridized carbons (Fsp3) is 0.167. The van der Waals surface area contributed by atoms with Crippen molar-refractivity contribution in [2.45, 2.75) is 19.4 Å². The van der Waals surface area contributed by atoms with Gasteiger partial charge >= 0.3 is 0 Å². The number of nitrogens with one attached hydrogen (secondary N) is 2. The molecule has 0 aromatic heterocycles. The molecule has 0 fully saturated rings. The quantitative estimate of drug-likeness (QED) is 0.820. The standard InChI is InChI=1S/C18H17N3O3/c1-13(24-16-10-6-5-9-15(16)12-19)18(23)21-20-17(22)11-14-7-3-2-4-8-14/h2-10,13H,11H2,1H3,(H,20,22)(H,21,23). The van der Waals surface area contributed by atoms with E-state index < -0.39 is 12.0 Å². The van der Waals surface area contributed by atoms with Gasteiger partial charge in [0.2, 0.25) is 5.91 Å². The summed E-state index contributed by atoms with van der Waals surface area (Å²) in [7, 11) is 0. The maximum Gasteiger partial charge on any atom is 0.279 e. The van der Waals surface area contributed by atoms with Crippen LogP contribution in [0.15, 0.2) is 54.6 Å². The van der Waals surface area contributed by atoms with Gasteiger partial charge in [-0.15, -0.1) is 0 Å². The van der Waals surface area contributed by atoms with Crippen molar-refractivity contribution in [3.63, 3.8) is 0 Å². The van der Waals surface area contributed by atoms with Crippen LogP contribution in [-0.4, -0.2) is 17.9 Å². The normalized spacial score (nSPS) is 11.0. The average molecular weight is 323 g/mol. The zero-order valence-electron chi connectivity index (χ0n) is 13.2. The third kappa shape index (κ3) is 4.85. The summed E-state index contributed by atoms with van der Waals surface area (Å²) in [4.78, 5) is 23.8. The second-order valence-electron chi connectivity index (χ2n) is 5.07. The highest BCUT2D eigenvalue weighted by atomic mass is 16.5. The molecule has 0 radical (unpaired) electrons. The first kappa shape index (κ1) is 17.0. The predicted molar refractivity (Wildman–Crippen MR) is 87.7 cm³/mol. The second-order valence-corrected chi connectivity index (χ2v) is 5.07. The zero-order chi connectivity index (χ0) is 17.4. The fourth-order valence-electron chi connectivity index (χ4n) is 1.96. The highest BCUT2D eigenvalue weighted by Gasteiger charge is 2.17. The molecule has 0 bridgehead atoms. The number of hydrogen-bond acceptors (Lipinski definition) is 4. The molecule has 6 heteroatoms. The lowest BCUT2D eigenvalue weighted by atomic mass is 10.1. The van der Waals surface area contributed by atoms with E-state index in [9.17, 15) is 9.59 Å². The lowest BCUT2D eigenvalue weighted by Crippen LogP contribution is -2.47. The van der Waals surface area contributed by atoms with Crippen LogP contribution in [-0.2, 0) is 16.0 Å². The lowest BCUT2D eigenvalue weighted by Gasteiger charge is -2.15. The highest BCUT2D eigenvalue weighted by molar-refractivity contribution is 5.85. The summed E-state index contributed by atoms with van der Waals surface area (Å²) in [5.74, 6) is -0.526. The van der Waals surface area contributed by atoms with Gasteiger partial charge in [-0.3, -0.25) is 20.4 Å². The van der Waals surface area contributed by atoms with Crippen LogP contribution in [0.2, 0.25) is 0 Å². The summed E-state index contributed by atoms with van der Waals surface area (Å²) in [5.41, 5.74) is 5.84. The Hall–Kier alpha value is -3.33. The maximum atomic E-state index is 12.0. The van der Waals surface area contributed by atoms with Gasteiger partial charge in [-0.05, 0) is 24.6 Å². The van der Waals surface area contributed by atoms with Crippen LogP contribution < -0.4 is 15.6 Å². The van der Waals surface area contributed by atoms with Gasteiger partial charge in [0.15, 0.2) is 6.10 Å². The Morgan fingerprint density at radius 2 is 1.75 bits per heavy atom. The molecule has 0 saturated heterocycles. The Balaban J connectivity index is 1.83. The second kappa shape index (κ2) is 8.34. The van der Waals surface area contributed by atoms with Crippen LogP contribution in [0.3, 0.4) is 0 Å². The average Bonchev–Trinajstić information content (AvgIpc) is 2.61. The Bertz CT molecular complexity index is 754. The van der Waals surface area contributed by atoms with Crippen molar-refractivity contribution in [1.82, 2.24) is 10.9 Å². The summed E-state index contributed by atoms with van der Waals surface area (Å²) in [5, 5.41) is 9.00. The van der Waals surface area contributed by atoms with E-state index >= 15 is 0 Å². The SMILES string of the molecule is CC(Oc1ccccc1C#N)C(=O)NNC(=O)Cc1ccccc1. The summed E-state index contributed by atoms with van der Waals surface area (Å²) < 4.78 is 5.46. The molecule has 1 unspecified atom stereocenters. The molecule has 0 aliphatic heterocycles. The van der Waals surface area contributed by atoms with Crippen molar-refractivity contribution in [3.8, 4) is 11.8 Å². The molecule has 0 aliphatic carbocycles. The van der Waals surface area contributed by atoms with Crippen molar-refractivity contribution >= 4 is 11.8 Å². The van der Waals surface area contributed by atoms with Gasteiger partial charge in [0.1, 0.15) is 11.8 Å². The smallest absolute Gasteiger partial charge is 0.279 e. The summed E-state index contributed by atoms with van der Waals surface area (Å²) >= 11 is 0. The van der Waals surface area contributed by atoms with E-state index in [1.54, 1.807) is 24.3 Å². The fourth-order valence-corrected chi connectivity index (χ4v) is 1.96. The van der Waals surface area contributed by atoms with Crippen LogP contribution >= 0.6 is 0 Å². The number of nitrogens with zero attached hydrogens (tertiary/aromatic N) is 1. The first-order valence-electron chi connectivity index (χ1n) is 7.38. The van der Waals surface area contributed by atoms with Crippen LogP contribution in [0.5, 0.6) is 5.75 Å². The van der Waals surface area contributed by atoms with Gasteiger partial charge in [-0.25, -0.2) is 0 Å². The van der Waals surface area contributed by atoms with E-state index in [0.29, 0.717) is 11.3 Å². The van der Waals surface area contributed by atoms with Gasteiger partial charge in [0.25, 0.3) is 5.91 Å². The van der Waals surface area contributed by atoms with Crippen molar-refractivity contribution in [2.24, 2.45) is 0 Å². The number of amides is 2. The van der Waals surface area contributed by atoms with Gasteiger partial charge in [-0.2, -0.15) is 5.26 Å². The van der Waals surface area contributed by atoms with E-state index in [4.69, 9.17) is 10.00 Å². The largest absolute Gasteiger partial charge is 0.479 e. The van der Waals surface area contributed by atoms with Crippen LogP contribution in [0.4, 0.5) is 0 Å². The number of hydrogen-bond donors (Lipinski definition) is 2. The monoisotopic (exact) mass is 323 g/mol. The molecular formula is C18H17N3O3. The van der Waals surface area contributed by atoms with E-state index in [1.165, 1.54) is 6.92 Å². The maximum absolute atomic E-state index is 12.0. The molecule has 2 rings (SSSR count). The van der Waals surface area contributed by atoms with Crippen molar-refractivity contribution in [3.05, 3.63) is 65.7 Å². The molecule has 2 aromatic rings. The van der Waals surface area contributed by atoms with Crippen LogP contribution in [0, 0.1) is 11.3 Å². The van der Waals surface area contributed by atoms with Crippen molar-refractivity contribution in [2.75, 3.05) is 0 Å². The number of rotatable bonds is 5. The molecule has 24 heavy (non-hydrogen) atoms. The van der Waals surface area contributed by atoms with Gasteiger partial charge in [0, 0.05) is 0 Å². The van der Waals surface area contributed by atoms with Gasteiger partial charge in [-0.1, -0.05) is 42.5 Å². The third-order valence-corrected chi connectivity index (χ3v) is 3.21. The molecule has 0 spiro atoms. The number of para-hydroxylation sites is 1. The minimum Gasteiger partial charge on any atom is -0.479 e. The number of benzene rings is 2. The van der Waals surface area contributed by atoms with E-state index in [0.717, 1.165) is 5.56 Å². The minimum atomic E-state index is -0.864. The van der Waals surface area contributed by atoms with E-state index in [2.05, 4.69) is 10.9 Å². The van der Waals surface area contributed by atoms with E-state index in [-0.39, 0.29) is 12.3 Å². The van der Waals surface area contributed by atoms with Crippen molar-refractivity contribution < 1.29 is 14.3 Å². The first-order chi connectivity index (χ1) is 11.6.